The Kier molecular flexibility index (Phi) is 4.26. The first-order valence-corrected chi connectivity index (χ1v) is 9.00. The van der Waals surface area contributed by atoms with Gasteiger partial charge in [0.1, 0.15) is 17.2 Å². The first-order valence-electron chi connectivity index (χ1n) is 9.00. The number of piperidine rings is 1. The fourth-order valence-electron chi connectivity index (χ4n) is 3.64. The number of rotatable bonds is 2. The molecule has 1 spiro atoms. The fourth-order valence-corrected chi connectivity index (χ4v) is 3.64. The number of hydrogen-bond acceptors (Lipinski definition) is 3. The van der Waals surface area contributed by atoms with Crippen LogP contribution < -0.4 is 5.32 Å². The second kappa shape index (κ2) is 6.61. The summed E-state index contributed by atoms with van der Waals surface area (Å²) in [7, 11) is 0. The Hall–Kier alpha value is -3.02. The Balaban J connectivity index is 1.49. The van der Waals surface area contributed by atoms with Crippen LogP contribution in [-0.4, -0.2) is 41.2 Å². The number of nitrogens with zero attached hydrogens (tertiary/aromatic N) is 2. The van der Waals surface area contributed by atoms with Crippen LogP contribution in [0.3, 0.4) is 0 Å². The fraction of sp³-hybridized carbons (Fsp3) is 0.286. The van der Waals surface area contributed by atoms with E-state index in [2.05, 4.69) is 5.32 Å². The number of carbonyl (C=O) groups is 2. The van der Waals surface area contributed by atoms with Crippen molar-refractivity contribution in [2.24, 2.45) is 4.99 Å². The van der Waals surface area contributed by atoms with Gasteiger partial charge in [0.15, 0.2) is 0 Å². The molecule has 138 valence electrons. The minimum absolute atomic E-state index is 0.128. The Labute approximate surface area is 156 Å². The first-order chi connectivity index (χ1) is 13.0. The van der Waals surface area contributed by atoms with Gasteiger partial charge in [-0.05, 0) is 37.3 Å². The molecule has 0 radical (unpaired) electrons. The van der Waals surface area contributed by atoms with Crippen molar-refractivity contribution >= 4 is 17.5 Å². The molecule has 1 saturated heterocycles. The maximum atomic E-state index is 13.1. The van der Waals surface area contributed by atoms with E-state index >= 15 is 0 Å². The molecule has 0 bridgehead atoms. The van der Waals surface area contributed by atoms with Crippen molar-refractivity contribution in [2.45, 2.75) is 25.4 Å². The zero-order valence-electron chi connectivity index (χ0n) is 15.0. The van der Waals surface area contributed by atoms with Crippen LogP contribution in [0.1, 0.15) is 34.3 Å². The third kappa shape index (κ3) is 3.35. The topological polar surface area (TPSA) is 61.8 Å². The summed E-state index contributed by atoms with van der Waals surface area (Å²) in [5.41, 5.74) is 2.16. The molecule has 27 heavy (non-hydrogen) atoms. The second-order valence-electron chi connectivity index (χ2n) is 7.11. The van der Waals surface area contributed by atoms with Gasteiger partial charge in [0.2, 0.25) is 0 Å². The number of aliphatic imine (C=N–C) groups is 1. The number of carbonyl (C=O) groups excluding carboxylic acids is 2. The molecule has 1 fully saturated rings. The number of nitrogens with one attached hydrogen (secondary N) is 1. The van der Waals surface area contributed by atoms with Gasteiger partial charge in [0, 0.05) is 37.1 Å². The molecular weight excluding hydrogens is 345 g/mol. The van der Waals surface area contributed by atoms with Crippen LogP contribution in [0.15, 0.2) is 53.5 Å². The van der Waals surface area contributed by atoms with Crippen molar-refractivity contribution in [3.63, 3.8) is 0 Å². The van der Waals surface area contributed by atoms with Crippen LogP contribution >= 0.6 is 0 Å². The predicted octanol–water partition coefficient (Wildman–Crippen LogP) is 2.69. The van der Waals surface area contributed by atoms with Crippen LogP contribution in [0.25, 0.3) is 0 Å². The maximum absolute atomic E-state index is 13.1. The molecule has 2 amide bonds. The highest BCUT2D eigenvalue weighted by atomic mass is 19.1. The average molecular weight is 365 g/mol. The lowest BCUT2D eigenvalue weighted by atomic mass is 9.97. The Morgan fingerprint density at radius 2 is 1.85 bits per heavy atom. The lowest BCUT2D eigenvalue weighted by Crippen LogP contribution is -2.52. The van der Waals surface area contributed by atoms with Gasteiger partial charge < -0.3 is 10.2 Å². The van der Waals surface area contributed by atoms with Crippen molar-refractivity contribution in [3.8, 4) is 0 Å². The lowest BCUT2D eigenvalue weighted by molar-refractivity contribution is -0.115. The molecule has 1 N–H and O–H groups in total. The van der Waals surface area contributed by atoms with E-state index < -0.39 is 5.66 Å². The smallest absolute Gasteiger partial charge is 0.272 e. The molecule has 0 saturated carbocycles. The van der Waals surface area contributed by atoms with Gasteiger partial charge in [0.05, 0.1) is 0 Å². The van der Waals surface area contributed by atoms with Gasteiger partial charge in [0.25, 0.3) is 11.8 Å². The summed E-state index contributed by atoms with van der Waals surface area (Å²) in [4.78, 5) is 31.5. The number of halogens is 1. The Morgan fingerprint density at radius 3 is 2.52 bits per heavy atom. The highest BCUT2D eigenvalue weighted by molar-refractivity contribution is 6.46. The molecule has 4 rings (SSSR count). The van der Waals surface area contributed by atoms with Crippen LogP contribution in [0.2, 0.25) is 0 Å². The van der Waals surface area contributed by atoms with Crippen molar-refractivity contribution in [3.05, 3.63) is 71.0 Å². The summed E-state index contributed by atoms with van der Waals surface area (Å²) in [6.07, 6.45) is 1.11. The monoisotopic (exact) mass is 365 g/mol. The molecule has 2 aromatic carbocycles. The Morgan fingerprint density at radius 1 is 1.15 bits per heavy atom. The van der Waals surface area contributed by atoms with E-state index in [0.29, 0.717) is 37.2 Å². The molecule has 2 aliphatic heterocycles. The quantitative estimate of drug-likeness (QED) is 0.889. The van der Waals surface area contributed by atoms with Crippen LogP contribution in [0.4, 0.5) is 4.39 Å². The molecule has 0 aliphatic carbocycles. The van der Waals surface area contributed by atoms with Gasteiger partial charge in [-0.3, -0.25) is 14.6 Å². The number of aryl methyl sites for hydroxylation is 1. The van der Waals surface area contributed by atoms with Crippen molar-refractivity contribution < 1.29 is 14.0 Å². The highest BCUT2D eigenvalue weighted by Crippen LogP contribution is 2.29. The zero-order chi connectivity index (χ0) is 19.0. The summed E-state index contributed by atoms with van der Waals surface area (Å²) in [5.74, 6) is -0.660. The zero-order valence-corrected chi connectivity index (χ0v) is 15.0. The van der Waals surface area contributed by atoms with Gasteiger partial charge in [-0.1, -0.05) is 23.8 Å². The molecule has 0 aromatic heterocycles. The largest absolute Gasteiger partial charge is 0.338 e. The molecule has 2 aliphatic rings. The molecule has 0 atom stereocenters. The molecule has 0 unspecified atom stereocenters. The number of benzene rings is 2. The van der Waals surface area contributed by atoms with E-state index in [0.717, 1.165) is 11.1 Å². The summed E-state index contributed by atoms with van der Waals surface area (Å²) < 4.78 is 13.1. The third-order valence-electron chi connectivity index (χ3n) is 5.15. The summed E-state index contributed by atoms with van der Waals surface area (Å²) in [6, 6.07) is 13.3. The molecule has 6 heteroatoms. The van der Waals surface area contributed by atoms with Gasteiger partial charge in [-0.2, -0.15) is 0 Å². The first kappa shape index (κ1) is 17.4. The minimum atomic E-state index is -0.643. The van der Waals surface area contributed by atoms with Crippen molar-refractivity contribution in [1.29, 1.82) is 0 Å². The minimum Gasteiger partial charge on any atom is -0.338 e. The summed E-state index contributed by atoms with van der Waals surface area (Å²) in [6.45, 7) is 2.95. The standard InChI is InChI=1S/C21H20FN3O2/c1-14-3-2-4-16(13-14)18-19(26)24-21(23-18)9-11-25(12-10-21)20(27)15-5-7-17(22)8-6-15/h2-8,13H,9-12H2,1H3,(H,24,26). The maximum Gasteiger partial charge on any atom is 0.272 e. The van der Waals surface area contributed by atoms with Crippen molar-refractivity contribution in [1.82, 2.24) is 10.2 Å². The van der Waals surface area contributed by atoms with E-state index in [1.807, 2.05) is 31.2 Å². The van der Waals surface area contributed by atoms with Crippen LogP contribution in [0, 0.1) is 12.7 Å². The van der Waals surface area contributed by atoms with Gasteiger partial charge in [-0.15, -0.1) is 0 Å². The lowest BCUT2D eigenvalue weighted by Gasteiger charge is -2.37. The molecular formula is C21H20FN3O2. The summed E-state index contributed by atoms with van der Waals surface area (Å²) >= 11 is 0. The van der Waals surface area contributed by atoms with Crippen molar-refractivity contribution in [2.75, 3.05) is 13.1 Å². The molecule has 2 aromatic rings. The van der Waals surface area contributed by atoms with Gasteiger partial charge in [-0.25, -0.2) is 4.39 Å². The predicted molar refractivity (Wildman–Crippen MR) is 100 cm³/mol. The molecule has 5 nitrogen and oxygen atoms in total. The normalized spacial score (nSPS) is 18.4. The average Bonchev–Trinajstić information content (AvgIpc) is 2.98. The second-order valence-corrected chi connectivity index (χ2v) is 7.11. The van der Waals surface area contributed by atoms with E-state index in [9.17, 15) is 14.0 Å². The SMILES string of the molecule is Cc1cccc(C2=NC3(CCN(C(=O)c4ccc(F)cc4)CC3)NC2=O)c1. The highest BCUT2D eigenvalue weighted by Gasteiger charge is 2.42. The molecule has 2 heterocycles. The van der Waals surface area contributed by atoms with E-state index in [-0.39, 0.29) is 17.6 Å². The van der Waals surface area contributed by atoms with E-state index in [1.165, 1.54) is 24.3 Å². The number of likely N-dealkylation sites (tertiary alicyclic amines) is 1. The van der Waals surface area contributed by atoms with E-state index in [4.69, 9.17) is 4.99 Å². The van der Waals surface area contributed by atoms with Gasteiger partial charge >= 0.3 is 0 Å². The van der Waals surface area contributed by atoms with Crippen LogP contribution in [0.5, 0.6) is 0 Å². The van der Waals surface area contributed by atoms with E-state index in [1.54, 1.807) is 4.90 Å². The third-order valence-corrected chi connectivity index (χ3v) is 5.15. The number of amides is 2. The Bertz CT molecular complexity index is 929. The number of hydrogen-bond donors (Lipinski definition) is 1. The van der Waals surface area contributed by atoms with Crippen LogP contribution in [-0.2, 0) is 4.79 Å². The summed E-state index contributed by atoms with van der Waals surface area (Å²) in [5, 5.41) is 3.01.